The summed E-state index contributed by atoms with van der Waals surface area (Å²) < 4.78 is 6.91. The fraction of sp³-hybridized carbons (Fsp3) is 0.263. The Kier molecular flexibility index (Phi) is 6.21. The molecule has 0 radical (unpaired) electrons. The first-order chi connectivity index (χ1) is 13.4. The Morgan fingerprint density at radius 2 is 2.04 bits per heavy atom. The number of hydrogen-bond acceptors (Lipinski definition) is 6. The summed E-state index contributed by atoms with van der Waals surface area (Å²) in [6, 6.07) is 11.1. The van der Waals surface area contributed by atoms with Gasteiger partial charge >= 0.3 is 0 Å². The van der Waals surface area contributed by atoms with Crippen molar-refractivity contribution in [2.45, 2.75) is 31.2 Å². The van der Waals surface area contributed by atoms with Crippen LogP contribution in [0.3, 0.4) is 0 Å². The summed E-state index contributed by atoms with van der Waals surface area (Å²) in [7, 11) is 1.54. The third kappa shape index (κ3) is 4.45. The van der Waals surface area contributed by atoms with Crippen molar-refractivity contribution in [2.24, 2.45) is 0 Å². The topological polar surface area (TPSA) is 81.9 Å². The average molecular weight is 418 g/mol. The van der Waals surface area contributed by atoms with E-state index in [-0.39, 0.29) is 5.91 Å². The molecule has 0 bridgehead atoms. The first-order valence-corrected chi connectivity index (χ1v) is 9.82. The summed E-state index contributed by atoms with van der Waals surface area (Å²) in [4.78, 5) is 12.7. The predicted octanol–water partition coefficient (Wildman–Crippen LogP) is 4.06. The number of tetrazole rings is 1. The minimum Gasteiger partial charge on any atom is -0.495 e. The van der Waals surface area contributed by atoms with Gasteiger partial charge in [0, 0.05) is 5.02 Å². The number of thioether (sulfide) groups is 1. The van der Waals surface area contributed by atoms with Crippen LogP contribution in [0.15, 0.2) is 41.6 Å². The second-order valence-corrected chi connectivity index (χ2v) is 8.00. The Morgan fingerprint density at radius 1 is 1.25 bits per heavy atom. The minimum atomic E-state index is -0.445. The number of rotatable bonds is 6. The van der Waals surface area contributed by atoms with Gasteiger partial charge < -0.3 is 10.1 Å². The first kappa shape index (κ1) is 20.2. The maximum Gasteiger partial charge on any atom is 0.237 e. The minimum absolute atomic E-state index is 0.208. The maximum atomic E-state index is 12.7. The van der Waals surface area contributed by atoms with Crippen LogP contribution in [0.25, 0.3) is 5.69 Å². The Morgan fingerprint density at radius 3 is 2.75 bits per heavy atom. The second kappa shape index (κ2) is 8.62. The predicted molar refractivity (Wildman–Crippen MR) is 111 cm³/mol. The normalized spacial score (nSPS) is 11.9. The van der Waals surface area contributed by atoms with Gasteiger partial charge in [-0.05, 0) is 61.0 Å². The van der Waals surface area contributed by atoms with Crippen molar-refractivity contribution in [3.8, 4) is 11.4 Å². The van der Waals surface area contributed by atoms with Gasteiger partial charge in [-0.25, -0.2) is 0 Å². The van der Waals surface area contributed by atoms with Crippen LogP contribution < -0.4 is 10.1 Å². The van der Waals surface area contributed by atoms with Crippen LogP contribution in [0.5, 0.6) is 5.75 Å². The van der Waals surface area contributed by atoms with E-state index in [1.54, 1.807) is 29.8 Å². The fourth-order valence-corrected chi connectivity index (χ4v) is 3.64. The maximum absolute atomic E-state index is 12.7. The van der Waals surface area contributed by atoms with Gasteiger partial charge in [0.1, 0.15) is 5.75 Å². The van der Waals surface area contributed by atoms with Gasteiger partial charge in [-0.3, -0.25) is 4.79 Å². The third-order valence-electron chi connectivity index (χ3n) is 4.09. The van der Waals surface area contributed by atoms with Crippen LogP contribution in [-0.2, 0) is 4.79 Å². The van der Waals surface area contributed by atoms with E-state index in [0.717, 1.165) is 16.8 Å². The highest BCUT2D eigenvalue weighted by Crippen LogP contribution is 2.30. The molecule has 146 valence electrons. The lowest BCUT2D eigenvalue weighted by Gasteiger charge is -2.14. The average Bonchev–Trinajstić information content (AvgIpc) is 3.09. The Labute approximate surface area is 172 Å². The van der Waals surface area contributed by atoms with Crippen molar-refractivity contribution in [1.29, 1.82) is 0 Å². The molecule has 7 nitrogen and oxygen atoms in total. The van der Waals surface area contributed by atoms with E-state index in [1.165, 1.54) is 18.9 Å². The van der Waals surface area contributed by atoms with Crippen molar-refractivity contribution >= 4 is 35.0 Å². The van der Waals surface area contributed by atoms with Crippen molar-refractivity contribution in [3.63, 3.8) is 0 Å². The van der Waals surface area contributed by atoms with Crippen LogP contribution in [0.1, 0.15) is 18.1 Å². The molecule has 0 aliphatic rings. The molecule has 1 amide bonds. The zero-order valence-corrected chi connectivity index (χ0v) is 17.5. The number of halogens is 1. The summed E-state index contributed by atoms with van der Waals surface area (Å²) >= 11 is 7.30. The van der Waals surface area contributed by atoms with Gasteiger partial charge in [0.25, 0.3) is 0 Å². The number of hydrogen-bond donors (Lipinski definition) is 1. The molecule has 3 rings (SSSR count). The van der Waals surface area contributed by atoms with Crippen LogP contribution in [0.4, 0.5) is 5.69 Å². The lowest BCUT2D eigenvalue weighted by molar-refractivity contribution is -0.115. The molecular weight excluding hydrogens is 398 g/mol. The molecule has 0 unspecified atom stereocenters. The van der Waals surface area contributed by atoms with E-state index in [1.807, 2.05) is 26.0 Å². The largest absolute Gasteiger partial charge is 0.495 e. The molecule has 0 saturated heterocycles. The number of nitrogens with one attached hydrogen (secondary N) is 1. The second-order valence-electron chi connectivity index (χ2n) is 6.26. The molecule has 0 spiro atoms. The van der Waals surface area contributed by atoms with Gasteiger partial charge in [-0.15, -0.1) is 5.10 Å². The summed E-state index contributed by atoms with van der Waals surface area (Å²) in [6.45, 7) is 5.82. The highest BCUT2D eigenvalue weighted by molar-refractivity contribution is 8.00. The van der Waals surface area contributed by atoms with Crippen molar-refractivity contribution in [2.75, 3.05) is 12.4 Å². The van der Waals surface area contributed by atoms with Crippen LogP contribution in [0.2, 0.25) is 5.02 Å². The number of ether oxygens (including phenoxy) is 1. The third-order valence-corrected chi connectivity index (χ3v) is 5.36. The molecular formula is C19H20ClN5O2S. The lowest BCUT2D eigenvalue weighted by atomic mass is 10.1. The summed E-state index contributed by atoms with van der Waals surface area (Å²) in [5.41, 5.74) is 3.60. The molecule has 1 N–H and O–H groups in total. The number of aryl methyl sites for hydroxylation is 2. The number of nitrogens with zero attached hydrogens (tertiary/aromatic N) is 4. The Balaban J connectivity index is 1.77. The molecule has 9 heteroatoms. The molecule has 1 aromatic heterocycles. The molecule has 28 heavy (non-hydrogen) atoms. The fourth-order valence-electron chi connectivity index (χ4n) is 2.67. The smallest absolute Gasteiger partial charge is 0.237 e. The number of carbonyl (C=O) groups excluding carboxylic acids is 1. The molecule has 3 aromatic rings. The molecule has 0 aliphatic heterocycles. The zero-order chi connectivity index (χ0) is 20.3. The SMILES string of the molecule is COc1ccc(Cl)cc1NC(=O)[C@@H](C)Sc1nnnn1-c1ccc(C)cc1C. The van der Waals surface area contributed by atoms with Crippen LogP contribution >= 0.6 is 23.4 Å². The molecule has 1 heterocycles. The summed E-state index contributed by atoms with van der Waals surface area (Å²) in [5.74, 6) is 0.329. The van der Waals surface area contributed by atoms with Crippen molar-refractivity contribution in [1.82, 2.24) is 20.2 Å². The van der Waals surface area contributed by atoms with Gasteiger partial charge in [-0.2, -0.15) is 4.68 Å². The number of benzene rings is 2. The van der Waals surface area contributed by atoms with Gasteiger partial charge in [0.2, 0.25) is 11.1 Å². The molecule has 2 aromatic carbocycles. The molecule has 1 atom stereocenters. The summed E-state index contributed by atoms with van der Waals surface area (Å²) in [5, 5.41) is 15.4. The lowest BCUT2D eigenvalue weighted by Crippen LogP contribution is -2.23. The number of anilines is 1. The zero-order valence-electron chi connectivity index (χ0n) is 15.9. The monoisotopic (exact) mass is 417 g/mol. The van der Waals surface area contributed by atoms with E-state index in [4.69, 9.17) is 16.3 Å². The Bertz CT molecular complexity index is 1010. The molecule has 0 saturated carbocycles. The summed E-state index contributed by atoms with van der Waals surface area (Å²) in [6.07, 6.45) is 0. The van der Waals surface area contributed by atoms with E-state index in [2.05, 4.69) is 26.9 Å². The number of amides is 1. The first-order valence-electron chi connectivity index (χ1n) is 8.56. The van der Waals surface area contributed by atoms with Crippen LogP contribution in [0, 0.1) is 13.8 Å². The number of methoxy groups -OCH3 is 1. The van der Waals surface area contributed by atoms with Crippen molar-refractivity contribution < 1.29 is 9.53 Å². The quantitative estimate of drug-likeness (QED) is 0.609. The molecule has 0 aliphatic carbocycles. The van der Waals surface area contributed by atoms with Crippen LogP contribution in [-0.4, -0.2) is 38.5 Å². The van der Waals surface area contributed by atoms with E-state index >= 15 is 0 Å². The standard InChI is InChI=1S/C19H20ClN5O2S/c1-11-5-7-16(12(2)9-11)25-19(22-23-24-25)28-13(3)18(26)21-15-10-14(20)6-8-17(15)27-4/h5-10,13H,1-4H3,(H,21,26)/t13-/m1/s1. The number of carbonyl (C=O) groups is 1. The van der Waals surface area contributed by atoms with Crippen molar-refractivity contribution in [3.05, 3.63) is 52.5 Å². The van der Waals surface area contributed by atoms with E-state index in [0.29, 0.717) is 21.6 Å². The van der Waals surface area contributed by atoms with Gasteiger partial charge in [-0.1, -0.05) is 41.1 Å². The highest BCUT2D eigenvalue weighted by Gasteiger charge is 2.21. The van der Waals surface area contributed by atoms with Gasteiger partial charge in [0.05, 0.1) is 23.7 Å². The number of aromatic nitrogens is 4. The van der Waals surface area contributed by atoms with E-state index < -0.39 is 5.25 Å². The molecule has 0 fully saturated rings. The highest BCUT2D eigenvalue weighted by atomic mass is 35.5. The Hall–Kier alpha value is -2.58. The van der Waals surface area contributed by atoms with E-state index in [9.17, 15) is 4.79 Å². The van der Waals surface area contributed by atoms with Gasteiger partial charge in [0.15, 0.2) is 0 Å².